The molecule has 0 atom stereocenters. The number of anilines is 1. The lowest BCUT2D eigenvalue weighted by molar-refractivity contribution is -0.0979. The molecule has 1 rings (SSSR count). The fourth-order valence-electron chi connectivity index (χ4n) is 1.35. The zero-order valence-corrected chi connectivity index (χ0v) is 11.7. The minimum atomic E-state index is 0.879. The lowest BCUT2D eigenvalue weighted by Gasteiger charge is -2.00. The van der Waals surface area contributed by atoms with Gasteiger partial charge in [0.25, 0.3) is 0 Å². The van der Waals surface area contributed by atoms with E-state index in [-0.39, 0.29) is 0 Å². The van der Waals surface area contributed by atoms with Crippen LogP contribution >= 0.6 is 11.3 Å². The Kier molecular flexibility index (Phi) is 8.24. The number of carbonyl (C=O) groups excluding carboxylic acids is 1. The molecule has 0 bridgehead atoms. The van der Waals surface area contributed by atoms with Crippen LogP contribution in [0.3, 0.4) is 0 Å². The molecule has 2 N–H and O–H groups in total. The van der Waals surface area contributed by atoms with Gasteiger partial charge in [-0.05, 0) is 30.5 Å². The van der Waals surface area contributed by atoms with Crippen molar-refractivity contribution in [1.82, 2.24) is 0 Å². The van der Waals surface area contributed by atoms with Gasteiger partial charge >= 0.3 is 0 Å². The number of hydrogen-bond donors (Lipinski definition) is 1. The zero-order valence-electron chi connectivity index (χ0n) is 10.8. The molecule has 0 aromatic carbocycles. The van der Waals surface area contributed by atoms with Gasteiger partial charge in [0.05, 0.1) is 5.00 Å². The summed E-state index contributed by atoms with van der Waals surface area (Å²) in [4.78, 5) is 8.00. The molecule has 0 unspecified atom stereocenters. The van der Waals surface area contributed by atoms with E-state index in [1.807, 2.05) is 44.9 Å². The molecule has 0 aliphatic rings. The lowest BCUT2D eigenvalue weighted by atomic mass is 10.0. The minimum Gasteiger partial charge on any atom is -0.390 e. The average molecular weight is 261 g/mol. The van der Waals surface area contributed by atoms with E-state index in [1.165, 1.54) is 5.56 Å². The maximum Gasteiger partial charge on any atom is 0.106 e. The molecular weight excluding hydrogens is 242 g/mol. The van der Waals surface area contributed by atoms with Gasteiger partial charge in [-0.25, -0.2) is 0 Å². The highest BCUT2D eigenvalue weighted by molar-refractivity contribution is 7.14. The number of thiophene rings is 1. The first-order valence-corrected chi connectivity index (χ1v) is 6.33. The van der Waals surface area contributed by atoms with Crippen molar-refractivity contribution < 1.29 is 4.79 Å². The van der Waals surface area contributed by atoms with Crippen LogP contribution < -0.4 is 5.73 Å². The number of nitrogen functional groups attached to an aromatic ring is 1. The summed E-state index contributed by atoms with van der Waals surface area (Å²) in [6.07, 6.45) is 11.9. The van der Waals surface area contributed by atoms with Gasteiger partial charge in [0.15, 0.2) is 0 Å². The topological polar surface area (TPSA) is 43.1 Å². The second-order valence-corrected chi connectivity index (χ2v) is 4.29. The van der Waals surface area contributed by atoms with Crippen molar-refractivity contribution in [2.75, 3.05) is 5.73 Å². The first-order valence-electron chi connectivity index (χ1n) is 5.45. The average Bonchev–Trinajstić information content (AvgIpc) is 2.72. The van der Waals surface area contributed by atoms with Gasteiger partial charge in [0.2, 0.25) is 0 Å². The van der Waals surface area contributed by atoms with Crippen LogP contribution in [0.5, 0.6) is 0 Å². The molecule has 0 saturated heterocycles. The summed E-state index contributed by atoms with van der Waals surface area (Å²) < 4.78 is 0. The van der Waals surface area contributed by atoms with Crippen LogP contribution in [0.25, 0.3) is 5.57 Å². The molecule has 0 aliphatic carbocycles. The van der Waals surface area contributed by atoms with Crippen molar-refractivity contribution in [3.8, 4) is 0 Å². The van der Waals surface area contributed by atoms with Gasteiger partial charge < -0.3 is 10.5 Å². The largest absolute Gasteiger partial charge is 0.390 e. The van der Waals surface area contributed by atoms with Crippen LogP contribution in [0.1, 0.15) is 18.1 Å². The van der Waals surface area contributed by atoms with Gasteiger partial charge in [-0.3, -0.25) is 0 Å². The Morgan fingerprint density at radius 1 is 1.39 bits per heavy atom. The second kappa shape index (κ2) is 9.19. The third-order valence-electron chi connectivity index (χ3n) is 2.27. The Bertz CT molecular complexity index is 467. The highest BCUT2D eigenvalue weighted by Crippen LogP contribution is 2.30. The van der Waals surface area contributed by atoms with E-state index in [1.54, 1.807) is 17.4 Å². The quantitative estimate of drug-likeness (QED) is 0.827. The summed E-state index contributed by atoms with van der Waals surface area (Å²) in [5.41, 5.74) is 9.32. The van der Waals surface area contributed by atoms with Crippen molar-refractivity contribution in [2.24, 2.45) is 0 Å². The molecule has 18 heavy (non-hydrogen) atoms. The monoisotopic (exact) mass is 261 g/mol. The number of nitrogens with two attached hydrogens (primary N) is 1. The Morgan fingerprint density at radius 2 is 2.06 bits per heavy atom. The Balaban J connectivity index is 0.00000137. The SMILES string of the molecule is C=C\C=C(/C=C\C=C/C)c1csc(N)c1C.C=O. The zero-order chi connectivity index (χ0) is 14.0. The highest BCUT2D eigenvalue weighted by atomic mass is 32.1. The molecule has 0 amide bonds. The maximum atomic E-state index is 8.00. The highest BCUT2D eigenvalue weighted by Gasteiger charge is 2.06. The predicted octanol–water partition coefficient (Wildman–Crippen LogP) is 4.16. The predicted molar refractivity (Wildman–Crippen MR) is 82.7 cm³/mol. The molecule has 96 valence electrons. The van der Waals surface area contributed by atoms with E-state index in [2.05, 4.69) is 18.0 Å². The van der Waals surface area contributed by atoms with Crippen LogP contribution in [0.4, 0.5) is 5.00 Å². The standard InChI is InChI=1S/C14H17NS.CH2O/c1-4-6-7-9-12(8-5-2)13-10-16-14(15)11(13)3;1-2/h4-10H,2,15H2,1,3H3;1H2/b6-4-,9-7-,12-8+;. The van der Waals surface area contributed by atoms with Gasteiger partial charge in [-0.15, -0.1) is 11.3 Å². The summed E-state index contributed by atoms with van der Waals surface area (Å²) in [5.74, 6) is 0. The second-order valence-electron chi connectivity index (χ2n) is 3.38. The van der Waals surface area contributed by atoms with Crippen molar-refractivity contribution in [1.29, 1.82) is 0 Å². The molecule has 0 aliphatic heterocycles. The fourth-order valence-corrected chi connectivity index (χ4v) is 2.19. The molecular formula is C15H19NOS. The van der Waals surface area contributed by atoms with E-state index >= 15 is 0 Å². The van der Waals surface area contributed by atoms with E-state index in [4.69, 9.17) is 10.5 Å². The minimum absolute atomic E-state index is 0.879. The molecule has 0 radical (unpaired) electrons. The van der Waals surface area contributed by atoms with E-state index in [9.17, 15) is 0 Å². The molecule has 0 saturated carbocycles. The number of carbonyl (C=O) groups is 1. The van der Waals surface area contributed by atoms with Crippen LogP contribution in [-0.2, 0) is 4.79 Å². The summed E-state index contributed by atoms with van der Waals surface area (Å²) in [5, 5.41) is 2.96. The summed E-state index contributed by atoms with van der Waals surface area (Å²) in [7, 11) is 0. The van der Waals surface area contributed by atoms with Crippen LogP contribution in [-0.4, -0.2) is 6.79 Å². The summed E-state index contributed by atoms with van der Waals surface area (Å²) in [6, 6.07) is 0. The molecule has 0 fully saturated rings. The molecule has 1 aromatic rings. The maximum absolute atomic E-state index is 8.00. The van der Waals surface area contributed by atoms with E-state index < -0.39 is 0 Å². The third kappa shape index (κ3) is 4.55. The van der Waals surface area contributed by atoms with Gasteiger partial charge in [-0.1, -0.05) is 43.0 Å². The normalized spacial score (nSPS) is 11.6. The molecule has 3 heteroatoms. The Hall–Kier alpha value is -1.87. The summed E-state index contributed by atoms with van der Waals surface area (Å²) >= 11 is 1.58. The first-order chi connectivity index (χ1) is 8.70. The number of hydrogen-bond acceptors (Lipinski definition) is 3. The first kappa shape index (κ1) is 16.1. The van der Waals surface area contributed by atoms with E-state index in [0.29, 0.717) is 0 Å². The van der Waals surface area contributed by atoms with Crippen LogP contribution in [0.15, 0.2) is 48.4 Å². The Labute approximate surface area is 113 Å². The molecule has 1 aromatic heterocycles. The van der Waals surface area contributed by atoms with E-state index in [0.717, 1.165) is 16.1 Å². The van der Waals surface area contributed by atoms with Crippen molar-refractivity contribution in [3.63, 3.8) is 0 Å². The lowest BCUT2D eigenvalue weighted by Crippen LogP contribution is -1.85. The Morgan fingerprint density at radius 3 is 2.50 bits per heavy atom. The van der Waals surface area contributed by atoms with Crippen molar-refractivity contribution >= 4 is 28.7 Å². The van der Waals surface area contributed by atoms with Crippen LogP contribution in [0.2, 0.25) is 0 Å². The smallest absolute Gasteiger partial charge is 0.106 e. The molecule has 1 heterocycles. The van der Waals surface area contributed by atoms with Gasteiger partial charge in [0, 0.05) is 5.38 Å². The molecule has 0 spiro atoms. The fraction of sp³-hybridized carbons (Fsp3) is 0.133. The van der Waals surface area contributed by atoms with Gasteiger partial charge in [0.1, 0.15) is 6.79 Å². The van der Waals surface area contributed by atoms with Crippen molar-refractivity contribution in [3.05, 3.63) is 59.5 Å². The number of rotatable bonds is 4. The summed E-state index contributed by atoms with van der Waals surface area (Å²) in [6.45, 7) is 9.77. The third-order valence-corrected chi connectivity index (χ3v) is 3.18. The van der Waals surface area contributed by atoms with Crippen molar-refractivity contribution in [2.45, 2.75) is 13.8 Å². The van der Waals surface area contributed by atoms with Gasteiger partial charge in [-0.2, -0.15) is 0 Å². The number of allylic oxidation sites excluding steroid dienone is 7. The van der Waals surface area contributed by atoms with Crippen LogP contribution in [0, 0.1) is 6.92 Å². The molecule has 2 nitrogen and oxygen atoms in total.